The van der Waals surface area contributed by atoms with Crippen LogP contribution in [0.3, 0.4) is 0 Å². The van der Waals surface area contributed by atoms with Crippen LogP contribution in [0.5, 0.6) is 0 Å². The van der Waals surface area contributed by atoms with E-state index in [1.165, 1.54) is 44.9 Å². The van der Waals surface area contributed by atoms with E-state index < -0.39 is 10.0 Å². The van der Waals surface area contributed by atoms with Crippen molar-refractivity contribution in [1.29, 1.82) is 0 Å². The van der Waals surface area contributed by atoms with Gasteiger partial charge < -0.3 is 15.0 Å². The van der Waals surface area contributed by atoms with Gasteiger partial charge in [-0.15, -0.1) is 0 Å². The summed E-state index contributed by atoms with van der Waals surface area (Å²) >= 11 is 0. The van der Waals surface area contributed by atoms with E-state index in [2.05, 4.69) is 14.9 Å². The summed E-state index contributed by atoms with van der Waals surface area (Å²) in [5.74, 6) is -0.250. The summed E-state index contributed by atoms with van der Waals surface area (Å²) in [5, 5.41) is 2.88. The zero-order valence-electron chi connectivity index (χ0n) is 16.1. The lowest BCUT2D eigenvalue weighted by Crippen LogP contribution is -2.31. The van der Waals surface area contributed by atoms with Gasteiger partial charge in [-0.3, -0.25) is 4.79 Å². The largest absolute Gasteiger partial charge is 0.383 e. The lowest BCUT2D eigenvalue weighted by atomic mass is 10.2. The van der Waals surface area contributed by atoms with Crippen molar-refractivity contribution in [2.75, 3.05) is 46.4 Å². The summed E-state index contributed by atoms with van der Waals surface area (Å²) in [6.45, 7) is 4.33. The van der Waals surface area contributed by atoms with E-state index in [4.69, 9.17) is 4.74 Å². The van der Waals surface area contributed by atoms with Crippen LogP contribution in [0.4, 0.5) is 0 Å². The molecule has 0 bridgehead atoms. The number of amides is 1. The molecule has 1 saturated heterocycles. The van der Waals surface area contributed by atoms with Crippen LogP contribution in [0.15, 0.2) is 29.2 Å². The number of likely N-dealkylation sites (tertiary alicyclic amines) is 1. The number of nitrogens with one attached hydrogen (secondary N) is 2. The molecule has 0 radical (unpaired) electrons. The topological polar surface area (TPSA) is 87.7 Å². The van der Waals surface area contributed by atoms with Gasteiger partial charge in [-0.2, -0.15) is 0 Å². The number of sulfonamides is 1. The van der Waals surface area contributed by atoms with Crippen molar-refractivity contribution in [3.63, 3.8) is 0 Å². The van der Waals surface area contributed by atoms with Gasteiger partial charge in [-0.25, -0.2) is 13.1 Å². The summed E-state index contributed by atoms with van der Waals surface area (Å²) in [6, 6.07) is 6.08. The Morgan fingerprint density at radius 1 is 1.15 bits per heavy atom. The van der Waals surface area contributed by atoms with E-state index >= 15 is 0 Å². The molecule has 0 atom stereocenters. The number of carbonyl (C=O) groups is 1. The number of carbonyl (C=O) groups excluding carboxylic acids is 1. The zero-order valence-corrected chi connectivity index (χ0v) is 16.9. The molecule has 1 aromatic carbocycles. The number of rotatable bonds is 10. The van der Waals surface area contributed by atoms with Gasteiger partial charge in [-0.05, 0) is 57.1 Å². The molecule has 0 saturated carbocycles. The molecular formula is C19H31N3O4S. The van der Waals surface area contributed by atoms with Crippen molar-refractivity contribution in [2.24, 2.45) is 0 Å². The quantitative estimate of drug-likeness (QED) is 0.586. The monoisotopic (exact) mass is 397 g/mol. The molecule has 0 aromatic heterocycles. The molecule has 152 valence electrons. The predicted octanol–water partition coefficient (Wildman–Crippen LogP) is 1.61. The second-order valence-corrected chi connectivity index (χ2v) is 8.55. The highest BCUT2D eigenvalue weighted by atomic mass is 32.2. The first-order chi connectivity index (χ1) is 13.0. The SMILES string of the molecule is COCCNS(=O)(=O)c1cccc(C(=O)NCCCN2CCCCCC2)c1. The predicted molar refractivity (Wildman–Crippen MR) is 105 cm³/mol. The van der Waals surface area contributed by atoms with Gasteiger partial charge in [0.15, 0.2) is 0 Å². The second-order valence-electron chi connectivity index (χ2n) is 6.78. The highest BCUT2D eigenvalue weighted by Crippen LogP contribution is 2.12. The Bertz CT molecular complexity index is 686. The van der Waals surface area contributed by atoms with Crippen LogP contribution < -0.4 is 10.0 Å². The summed E-state index contributed by atoms with van der Waals surface area (Å²) in [7, 11) is -2.14. The van der Waals surface area contributed by atoms with Gasteiger partial charge in [0.2, 0.25) is 10.0 Å². The highest BCUT2D eigenvalue weighted by molar-refractivity contribution is 7.89. The molecule has 1 heterocycles. The zero-order chi connectivity index (χ0) is 19.5. The first kappa shape index (κ1) is 21.8. The Hall–Kier alpha value is -1.48. The molecule has 2 N–H and O–H groups in total. The Balaban J connectivity index is 1.82. The molecule has 2 rings (SSSR count). The molecule has 8 heteroatoms. The van der Waals surface area contributed by atoms with E-state index in [-0.39, 0.29) is 24.0 Å². The standard InChI is InChI=1S/C19H31N3O4S/c1-26-15-11-21-27(24,25)18-9-6-8-17(16-18)19(23)20-10-7-14-22-12-4-2-3-5-13-22/h6,8-9,16,21H,2-5,7,10-15H2,1H3,(H,20,23). The fraction of sp³-hybridized carbons (Fsp3) is 0.632. The summed E-state index contributed by atoms with van der Waals surface area (Å²) in [5.41, 5.74) is 0.347. The van der Waals surface area contributed by atoms with Crippen molar-refractivity contribution >= 4 is 15.9 Å². The highest BCUT2D eigenvalue weighted by Gasteiger charge is 2.16. The van der Waals surface area contributed by atoms with Crippen LogP contribution in [0.1, 0.15) is 42.5 Å². The van der Waals surface area contributed by atoms with Crippen LogP contribution in [-0.2, 0) is 14.8 Å². The molecule has 7 nitrogen and oxygen atoms in total. The molecule has 0 spiro atoms. The Morgan fingerprint density at radius 3 is 2.59 bits per heavy atom. The third-order valence-corrected chi connectivity index (χ3v) is 6.10. The van der Waals surface area contributed by atoms with Crippen molar-refractivity contribution < 1.29 is 17.9 Å². The molecule has 0 aliphatic carbocycles. The third kappa shape index (κ3) is 7.57. The fourth-order valence-corrected chi connectivity index (χ4v) is 4.19. The molecule has 1 aliphatic rings. The van der Waals surface area contributed by atoms with Crippen LogP contribution in [0, 0.1) is 0 Å². The molecule has 27 heavy (non-hydrogen) atoms. The Morgan fingerprint density at radius 2 is 1.89 bits per heavy atom. The van der Waals surface area contributed by atoms with Gasteiger partial charge >= 0.3 is 0 Å². The van der Waals surface area contributed by atoms with Gasteiger partial charge in [0, 0.05) is 25.8 Å². The number of nitrogens with zero attached hydrogens (tertiary/aromatic N) is 1. The minimum atomic E-state index is -3.65. The van der Waals surface area contributed by atoms with Crippen molar-refractivity contribution in [2.45, 2.75) is 37.0 Å². The van der Waals surface area contributed by atoms with Crippen molar-refractivity contribution in [3.05, 3.63) is 29.8 Å². The number of methoxy groups -OCH3 is 1. The van der Waals surface area contributed by atoms with Crippen molar-refractivity contribution in [3.8, 4) is 0 Å². The van der Waals surface area contributed by atoms with Crippen LogP contribution in [0.2, 0.25) is 0 Å². The average molecular weight is 398 g/mol. The lowest BCUT2D eigenvalue weighted by Gasteiger charge is -2.19. The smallest absolute Gasteiger partial charge is 0.251 e. The summed E-state index contributed by atoms with van der Waals surface area (Å²) < 4.78 is 31.8. The summed E-state index contributed by atoms with van der Waals surface area (Å²) in [4.78, 5) is 14.9. The van der Waals surface area contributed by atoms with Gasteiger partial charge in [-0.1, -0.05) is 18.9 Å². The Labute approximate surface area is 162 Å². The minimum Gasteiger partial charge on any atom is -0.383 e. The van der Waals surface area contributed by atoms with E-state index in [0.29, 0.717) is 12.1 Å². The first-order valence-electron chi connectivity index (χ1n) is 9.62. The molecular weight excluding hydrogens is 366 g/mol. The molecule has 1 aromatic rings. The molecule has 0 unspecified atom stereocenters. The molecule has 1 aliphatic heterocycles. The van der Waals surface area contributed by atoms with Crippen LogP contribution in [-0.4, -0.2) is 65.7 Å². The van der Waals surface area contributed by atoms with E-state index in [1.807, 2.05) is 0 Å². The number of hydrogen-bond donors (Lipinski definition) is 2. The van der Waals surface area contributed by atoms with Crippen molar-refractivity contribution in [1.82, 2.24) is 14.9 Å². The van der Waals surface area contributed by atoms with E-state index in [1.54, 1.807) is 12.1 Å². The number of ether oxygens (including phenoxy) is 1. The molecule has 1 fully saturated rings. The van der Waals surface area contributed by atoms with E-state index in [0.717, 1.165) is 26.1 Å². The maximum absolute atomic E-state index is 12.3. The van der Waals surface area contributed by atoms with E-state index in [9.17, 15) is 13.2 Å². The first-order valence-corrected chi connectivity index (χ1v) is 11.1. The number of benzene rings is 1. The number of hydrogen-bond acceptors (Lipinski definition) is 5. The van der Waals surface area contributed by atoms with Gasteiger partial charge in [0.25, 0.3) is 5.91 Å². The van der Waals surface area contributed by atoms with Gasteiger partial charge in [0.1, 0.15) is 0 Å². The average Bonchev–Trinajstić information content (AvgIpc) is 2.94. The van der Waals surface area contributed by atoms with Crippen LogP contribution in [0.25, 0.3) is 0 Å². The maximum atomic E-state index is 12.3. The third-order valence-electron chi connectivity index (χ3n) is 4.64. The minimum absolute atomic E-state index is 0.0795. The lowest BCUT2D eigenvalue weighted by molar-refractivity contribution is 0.0951. The normalized spacial score (nSPS) is 16.0. The van der Waals surface area contributed by atoms with Crippen LogP contribution >= 0.6 is 0 Å². The fourth-order valence-electron chi connectivity index (χ4n) is 3.13. The Kier molecular flexibility index (Phi) is 9.20. The maximum Gasteiger partial charge on any atom is 0.251 e. The summed E-state index contributed by atoms with van der Waals surface area (Å²) in [6.07, 6.45) is 6.03. The second kappa shape index (κ2) is 11.4. The van der Waals surface area contributed by atoms with Gasteiger partial charge in [0.05, 0.1) is 11.5 Å². The molecule has 1 amide bonds.